The molecule has 0 radical (unpaired) electrons. The Kier molecular flexibility index (Phi) is 5.72. The van der Waals surface area contributed by atoms with Gasteiger partial charge in [-0.15, -0.1) is 0 Å². The average Bonchev–Trinajstić information content (AvgIpc) is 3.13. The lowest BCUT2D eigenvalue weighted by Crippen LogP contribution is -2.48. The quantitative estimate of drug-likeness (QED) is 0.765. The molecular formula is C17H22ClF3N6O. The van der Waals surface area contributed by atoms with Crippen molar-refractivity contribution in [3.8, 4) is 0 Å². The van der Waals surface area contributed by atoms with Crippen LogP contribution in [-0.4, -0.2) is 61.4 Å². The zero-order valence-corrected chi connectivity index (χ0v) is 16.7. The van der Waals surface area contributed by atoms with Crippen LogP contribution < -0.4 is 0 Å². The molecule has 154 valence electrons. The molecule has 1 aliphatic heterocycles. The van der Waals surface area contributed by atoms with Gasteiger partial charge in [0.15, 0.2) is 11.4 Å². The molecule has 0 aliphatic carbocycles. The molecular weight excluding hydrogens is 397 g/mol. The molecule has 3 heterocycles. The number of nitrogens with zero attached hydrogens (tertiary/aromatic N) is 6. The fourth-order valence-corrected chi connectivity index (χ4v) is 3.67. The lowest BCUT2D eigenvalue weighted by molar-refractivity contribution is -0.143. The first-order valence-electron chi connectivity index (χ1n) is 8.96. The van der Waals surface area contributed by atoms with E-state index in [1.54, 1.807) is 0 Å². The van der Waals surface area contributed by atoms with Gasteiger partial charge in [0.25, 0.3) is 5.91 Å². The summed E-state index contributed by atoms with van der Waals surface area (Å²) in [6.45, 7) is 7.51. The topological polar surface area (TPSA) is 59.2 Å². The fourth-order valence-electron chi connectivity index (χ4n) is 3.32. The van der Waals surface area contributed by atoms with Gasteiger partial charge in [-0.2, -0.15) is 23.4 Å². The van der Waals surface area contributed by atoms with Crippen LogP contribution in [0.3, 0.4) is 0 Å². The van der Waals surface area contributed by atoms with Gasteiger partial charge in [0.2, 0.25) is 0 Å². The van der Waals surface area contributed by atoms with Gasteiger partial charge in [0.1, 0.15) is 5.02 Å². The minimum atomic E-state index is -4.67. The molecule has 1 saturated heterocycles. The Morgan fingerprint density at radius 3 is 2.36 bits per heavy atom. The van der Waals surface area contributed by atoms with Crippen molar-refractivity contribution in [1.82, 2.24) is 29.4 Å². The van der Waals surface area contributed by atoms with E-state index < -0.39 is 22.8 Å². The predicted octanol–water partition coefficient (Wildman–Crippen LogP) is 2.58. The van der Waals surface area contributed by atoms with E-state index in [2.05, 4.69) is 15.1 Å². The number of carbonyl (C=O) groups is 1. The molecule has 2 aromatic heterocycles. The largest absolute Gasteiger partial charge is 0.434 e. The number of alkyl halides is 3. The van der Waals surface area contributed by atoms with Gasteiger partial charge in [-0.25, -0.2) is 0 Å². The number of hydrogen-bond acceptors (Lipinski definition) is 4. The number of aryl methyl sites for hydroxylation is 3. The summed E-state index contributed by atoms with van der Waals surface area (Å²) >= 11 is 5.83. The Morgan fingerprint density at radius 2 is 1.86 bits per heavy atom. The number of aromatic nitrogens is 4. The first-order valence-corrected chi connectivity index (χ1v) is 9.33. The zero-order chi connectivity index (χ0) is 20.6. The molecule has 0 unspecified atom stereocenters. The summed E-state index contributed by atoms with van der Waals surface area (Å²) in [7, 11) is 1.13. The second kappa shape index (κ2) is 7.75. The highest BCUT2D eigenvalue weighted by Gasteiger charge is 2.40. The molecule has 0 atom stereocenters. The number of hydrogen-bond donors (Lipinski definition) is 0. The van der Waals surface area contributed by atoms with Gasteiger partial charge in [-0.3, -0.25) is 19.1 Å². The van der Waals surface area contributed by atoms with Crippen molar-refractivity contribution in [2.24, 2.45) is 7.05 Å². The summed E-state index contributed by atoms with van der Waals surface area (Å²) in [6.07, 6.45) is -2.66. The maximum Gasteiger partial charge on any atom is 0.434 e. The first kappa shape index (κ1) is 20.7. The smallest absolute Gasteiger partial charge is 0.335 e. The highest BCUT2D eigenvalue weighted by atomic mass is 35.5. The molecule has 0 bridgehead atoms. The summed E-state index contributed by atoms with van der Waals surface area (Å²) in [6, 6.07) is 0. The molecule has 3 rings (SSSR count). The summed E-state index contributed by atoms with van der Waals surface area (Å²) in [5, 5.41) is 7.49. The van der Waals surface area contributed by atoms with E-state index in [1.807, 2.05) is 24.7 Å². The van der Waals surface area contributed by atoms with Crippen LogP contribution >= 0.6 is 11.6 Å². The predicted molar refractivity (Wildman–Crippen MR) is 97.0 cm³/mol. The Bertz CT molecular complexity index is 867. The van der Waals surface area contributed by atoms with Gasteiger partial charge in [-0.1, -0.05) is 11.6 Å². The summed E-state index contributed by atoms with van der Waals surface area (Å²) in [5.41, 5.74) is 0.633. The van der Waals surface area contributed by atoms with Gasteiger partial charge in [0.05, 0.1) is 5.69 Å². The van der Waals surface area contributed by atoms with Crippen LogP contribution in [-0.2, 0) is 26.3 Å². The lowest BCUT2D eigenvalue weighted by Gasteiger charge is -2.34. The van der Waals surface area contributed by atoms with Gasteiger partial charge in [0, 0.05) is 58.1 Å². The molecule has 2 aromatic rings. The van der Waals surface area contributed by atoms with E-state index in [1.165, 1.54) is 4.90 Å². The van der Waals surface area contributed by atoms with E-state index in [4.69, 9.17) is 11.6 Å². The third-order valence-electron chi connectivity index (χ3n) is 4.89. The number of carbonyl (C=O) groups excluding carboxylic acids is 1. The van der Waals surface area contributed by atoms with Crippen LogP contribution in [0.5, 0.6) is 0 Å². The summed E-state index contributed by atoms with van der Waals surface area (Å²) in [5.74, 6) is -0.578. The van der Waals surface area contributed by atoms with Crippen molar-refractivity contribution < 1.29 is 18.0 Å². The van der Waals surface area contributed by atoms with Crippen molar-refractivity contribution in [2.45, 2.75) is 33.1 Å². The van der Waals surface area contributed by atoms with E-state index in [0.717, 1.165) is 31.4 Å². The van der Waals surface area contributed by atoms with Crippen molar-refractivity contribution >= 4 is 17.5 Å². The Hall–Kier alpha value is -2.07. The fraction of sp³-hybridized carbons (Fsp3) is 0.588. The lowest BCUT2D eigenvalue weighted by atomic mass is 10.2. The van der Waals surface area contributed by atoms with Crippen molar-refractivity contribution in [2.75, 3.05) is 26.2 Å². The minimum Gasteiger partial charge on any atom is -0.335 e. The van der Waals surface area contributed by atoms with Crippen molar-refractivity contribution in [3.05, 3.63) is 33.9 Å². The van der Waals surface area contributed by atoms with Crippen LogP contribution in [0.1, 0.15) is 34.4 Å². The number of halogens is 4. The maximum absolute atomic E-state index is 13.1. The normalized spacial score (nSPS) is 16.0. The molecule has 0 saturated carbocycles. The molecule has 28 heavy (non-hydrogen) atoms. The second-order valence-corrected chi connectivity index (χ2v) is 7.17. The van der Waals surface area contributed by atoms with Crippen LogP contribution in [0.2, 0.25) is 5.02 Å². The van der Waals surface area contributed by atoms with E-state index in [0.29, 0.717) is 30.9 Å². The Labute approximate surface area is 165 Å². The second-order valence-electron chi connectivity index (χ2n) is 6.80. The Morgan fingerprint density at radius 1 is 1.21 bits per heavy atom. The standard InChI is InChI=1S/C17H22ClF3N6O/c1-4-27-10-12(11(2)22-27)9-25-5-7-26(8-6-25)16(28)14-13(18)15(17(19,20)21)24(3)23-14/h10H,4-9H2,1-3H3. The highest BCUT2D eigenvalue weighted by molar-refractivity contribution is 6.34. The average molecular weight is 419 g/mol. The van der Waals surface area contributed by atoms with E-state index in [-0.39, 0.29) is 5.69 Å². The molecule has 0 N–H and O–H groups in total. The van der Waals surface area contributed by atoms with Crippen molar-refractivity contribution in [3.63, 3.8) is 0 Å². The molecule has 1 aliphatic rings. The minimum absolute atomic E-state index is 0.356. The van der Waals surface area contributed by atoms with E-state index in [9.17, 15) is 18.0 Å². The third-order valence-corrected chi connectivity index (χ3v) is 5.24. The molecule has 1 fully saturated rings. The van der Waals surface area contributed by atoms with Gasteiger partial charge >= 0.3 is 6.18 Å². The summed E-state index contributed by atoms with van der Waals surface area (Å²) < 4.78 is 41.7. The van der Waals surface area contributed by atoms with Gasteiger partial charge in [-0.05, 0) is 13.8 Å². The van der Waals surface area contributed by atoms with Crippen LogP contribution in [0.15, 0.2) is 6.20 Å². The maximum atomic E-state index is 13.1. The van der Waals surface area contributed by atoms with E-state index >= 15 is 0 Å². The first-order chi connectivity index (χ1) is 13.1. The number of rotatable bonds is 4. The monoisotopic (exact) mass is 418 g/mol. The summed E-state index contributed by atoms with van der Waals surface area (Å²) in [4.78, 5) is 16.3. The number of amides is 1. The third kappa shape index (κ3) is 4.02. The zero-order valence-electron chi connectivity index (χ0n) is 15.9. The highest BCUT2D eigenvalue weighted by Crippen LogP contribution is 2.36. The molecule has 1 amide bonds. The number of piperazine rings is 1. The molecule has 0 aromatic carbocycles. The van der Waals surface area contributed by atoms with Crippen molar-refractivity contribution in [1.29, 1.82) is 0 Å². The van der Waals surface area contributed by atoms with Crippen LogP contribution in [0.4, 0.5) is 13.2 Å². The SMILES string of the molecule is CCn1cc(CN2CCN(C(=O)c3nn(C)c(C(F)(F)F)c3Cl)CC2)c(C)n1. The van der Waals surface area contributed by atoms with Gasteiger partial charge < -0.3 is 4.90 Å². The Balaban J connectivity index is 1.65. The molecule has 11 heteroatoms. The van der Waals surface area contributed by atoms with Crippen LogP contribution in [0.25, 0.3) is 0 Å². The molecule has 0 spiro atoms. The van der Waals surface area contributed by atoms with Crippen LogP contribution in [0, 0.1) is 6.92 Å². The molecule has 7 nitrogen and oxygen atoms in total.